The summed E-state index contributed by atoms with van der Waals surface area (Å²) in [6.07, 6.45) is -2.73. The summed E-state index contributed by atoms with van der Waals surface area (Å²) in [6, 6.07) is 10.1. The lowest BCUT2D eigenvalue weighted by atomic mass is 10.1. The second-order valence-corrected chi connectivity index (χ2v) is 8.56. The molecule has 0 aliphatic heterocycles. The molecule has 0 aliphatic carbocycles. The predicted molar refractivity (Wildman–Crippen MR) is 130 cm³/mol. The number of aryl methyl sites for hydroxylation is 3. The number of nitrogens with zero attached hydrogens (tertiary/aromatic N) is 4. The van der Waals surface area contributed by atoms with Crippen molar-refractivity contribution in [2.24, 2.45) is 0 Å². The third-order valence-electron chi connectivity index (χ3n) is 5.32. The monoisotopic (exact) mass is 515 g/mol. The van der Waals surface area contributed by atoms with Crippen LogP contribution in [-0.2, 0) is 11.3 Å². The zero-order valence-electron chi connectivity index (χ0n) is 19.4. The van der Waals surface area contributed by atoms with E-state index < -0.39 is 17.3 Å². The second kappa shape index (κ2) is 9.86. The SMILES string of the molecule is Cc1cc(C(F)F)c2c(C)nn(CC(=O)Nc3cc(Oc4ccc(Cl)cc4C)cc([N+](=O)[O-])c3)c2n1. The molecule has 0 unspecified atom stereocenters. The lowest BCUT2D eigenvalue weighted by Gasteiger charge is -2.11. The van der Waals surface area contributed by atoms with Crippen molar-refractivity contribution in [2.75, 3.05) is 5.32 Å². The van der Waals surface area contributed by atoms with Crippen molar-refractivity contribution in [1.82, 2.24) is 14.8 Å². The molecule has 1 amide bonds. The van der Waals surface area contributed by atoms with E-state index in [0.29, 0.717) is 27.7 Å². The van der Waals surface area contributed by atoms with Crippen molar-refractivity contribution in [1.29, 1.82) is 0 Å². The molecule has 0 saturated carbocycles. The maximum absolute atomic E-state index is 13.5. The summed E-state index contributed by atoms with van der Waals surface area (Å²) in [4.78, 5) is 27.9. The first kappa shape index (κ1) is 25.0. The number of carbonyl (C=O) groups is 1. The molecule has 0 saturated heterocycles. The van der Waals surface area contributed by atoms with Crippen LogP contribution in [0.3, 0.4) is 0 Å². The summed E-state index contributed by atoms with van der Waals surface area (Å²) in [5.74, 6) is -0.0217. The molecule has 0 bridgehead atoms. The van der Waals surface area contributed by atoms with E-state index in [1.807, 2.05) is 0 Å². The number of ether oxygens (including phenoxy) is 1. The molecule has 36 heavy (non-hydrogen) atoms. The van der Waals surface area contributed by atoms with Gasteiger partial charge < -0.3 is 10.1 Å². The summed E-state index contributed by atoms with van der Waals surface area (Å²) in [6.45, 7) is 4.55. The highest BCUT2D eigenvalue weighted by molar-refractivity contribution is 6.30. The normalized spacial score (nSPS) is 11.2. The van der Waals surface area contributed by atoms with Crippen molar-refractivity contribution in [3.8, 4) is 11.5 Å². The van der Waals surface area contributed by atoms with Gasteiger partial charge in [0.2, 0.25) is 5.91 Å². The van der Waals surface area contributed by atoms with Crippen molar-refractivity contribution < 1.29 is 23.2 Å². The van der Waals surface area contributed by atoms with Crippen LogP contribution in [0.15, 0.2) is 42.5 Å². The van der Waals surface area contributed by atoms with Crippen LogP contribution in [0.4, 0.5) is 20.2 Å². The largest absolute Gasteiger partial charge is 0.457 e. The number of nitro benzene ring substituents is 1. The highest BCUT2D eigenvalue weighted by Gasteiger charge is 2.21. The van der Waals surface area contributed by atoms with Gasteiger partial charge in [0.25, 0.3) is 12.1 Å². The minimum Gasteiger partial charge on any atom is -0.457 e. The molecule has 2 aromatic carbocycles. The minimum absolute atomic E-state index is 0.112. The van der Waals surface area contributed by atoms with Gasteiger partial charge in [-0.05, 0) is 50.6 Å². The number of carbonyl (C=O) groups excluding carboxylic acids is 1. The number of rotatable bonds is 7. The molecule has 2 heterocycles. The highest BCUT2D eigenvalue weighted by Crippen LogP contribution is 2.33. The van der Waals surface area contributed by atoms with E-state index in [9.17, 15) is 23.7 Å². The number of hydrogen-bond acceptors (Lipinski definition) is 6. The Hall–Kier alpha value is -4.12. The molecule has 4 aromatic rings. The van der Waals surface area contributed by atoms with Gasteiger partial charge in [0, 0.05) is 28.4 Å². The molecular formula is C24H20ClF2N5O4. The van der Waals surface area contributed by atoms with E-state index in [-0.39, 0.29) is 40.3 Å². The van der Waals surface area contributed by atoms with E-state index >= 15 is 0 Å². The van der Waals surface area contributed by atoms with Crippen LogP contribution in [0, 0.1) is 30.9 Å². The first-order chi connectivity index (χ1) is 17.0. The van der Waals surface area contributed by atoms with Crippen molar-refractivity contribution >= 4 is 39.9 Å². The fourth-order valence-corrected chi connectivity index (χ4v) is 4.04. The number of hydrogen-bond donors (Lipinski definition) is 1. The number of alkyl halides is 2. The molecular weight excluding hydrogens is 496 g/mol. The molecule has 0 fully saturated rings. The van der Waals surface area contributed by atoms with E-state index in [2.05, 4.69) is 15.4 Å². The molecule has 4 rings (SSSR count). The Morgan fingerprint density at radius 2 is 1.94 bits per heavy atom. The van der Waals surface area contributed by atoms with Crippen LogP contribution in [0.2, 0.25) is 5.02 Å². The Morgan fingerprint density at radius 3 is 2.61 bits per heavy atom. The van der Waals surface area contributed by atoms with Gasteiger partial charge in [-0.2, -0.15) is 5.10 Å². The number of fused-ring (bicyclic) bond motifs is 1. The van der Waals surface area contributed by atoms with Crippen molar-refractivity contribution in [2.45, 2.75) is 33.7 Å². The number of anilines is 1. The first-order valence-electron chi connectivity index (χ1n) is 10.7. The number of nitro groups is 1. The van der Waals surface area contributed by atoms with Gasteiger partial charge in [0.15, 0.2) is 5.65 Å². The molecule has 0 radical (unpaired) electrons. The third-order valence-corrected chi connectivity index (χ3v) is 5.55. The number of non-ortho nitro benzene ring substituents is 1. The molecule has 2 aromatic heterocycles. The highest BCUT2D eigenvalue weighted by atomic mass is 35.5. The Kier molecular flexibility index (Phi) is 6.84. The van der Waals surface area contributed by atoms with Gasteiger partial charge in [-0.25, -0.2) is 18.4 Å². The zero-order valence-corrected chi connectivity index (χ0v) is 20.1. The number of halogens is 3. The fourth-order valence-electron chi connectivity index (χ4n) is 3.81. The van der Waals surface area contributed by atoms with E-state index in [4.69, 9.17) is 16.3 Å². The molecule has 186 valence electrons. The number of amides is 1. The molecule has 12 heteroatoms. The maximum atomic E-state index is 13.5. The number of benzene rings is 2. The quantitative estimate of drug-likeness (QED) is 0.229. The second-order valence-electron chi connectivity index (χ2n) is 8.13. The van der Waals surface area contributed by atoms with Gasteiger partial charge in [-0.15, -0.1) is 0 Å². The zero-order chi connectivity index (χ0) is 26.1. The smallest absolute Gasteiger partial charge is 0.275 e. The summed E-state index contributed by atoms with van der Waals surface area (Å²) in [5.41, 5.74) is 1.14. The van der Waals surface area contributed by atoms with Crippen LogP contribution < -0.4 is 10.1 Å². The van der Waals surface area contributed by atoms with Crippen LogP contribution in [-0.4, -0.2) is 25.6 Å². The fraction of sp³-hybridized carbons (Fsp3) is 0.208. The van der Waals surface area contributed by atoms with E-state index in [0.717, 1.165) is 0 Å². The van der Waals surface area contributed by atoms with Crippen LogP contribution in [0.1, 0.15) is 28.9 Å². The Bertz CT molecular complexity index is 1510. The van der Waals surface area contributed by atoms with Gasteiger partial charge in [-0.3, -0.25) is 14.9 Å². The third kappa shape index (κ3) is 5.25. The van der Waals surface area contributed by atoms with Crippen molar-refractivity contribution in [3.63, 3.8) is 0 Å². The molecule has 0 atom stereocenters. The van der Waals surface area contributed by atoms with Gasteiger partial charge in [0.05, 0.1) is 27.8 Å². The van der Waals surface area contributed by atoms with Crippen LogP contribution in [0.25, 0.3) is 11.0 Å². The van der Waals surface area contributed by atoms with Crippen molar-refractivity contribution in [3.05, 3.63) is 80.1 Å². The number of nitrogens with one attached hydrogen (secondary N) is 1. The lowest BCUT2D eigenvalue weighted by Crippen LogP contribution is -2.20. The molecule has 1 N–H and O–H groups in total. The van der Waals surface area contributed by atoms with E-state index in [1.165, 1.54) is 28.9 Å². The van der Waals surface area contributed by atoms with Gasteiger partial charge in [0.1, 0.15) is 18.0 Å². The van der Waals surface area contributed by atoms with Crippen LogP contribution >= 0.6 is 11.6 Å². The topological polar surface area (TPSA) is 112 Å². The maximum Gasteiger partial charge on any atom is 0.275 e. The Balaban J connectivity index is 1.62. The van der Waals surface area contributed by atoms with E-state index in [1.54, 1.807) is 39.0 Å². The predicted octanol–water partition coefficient (Wildman–Crippen LogP) is 6.29. The number of aromatic nitrogens is 3. The molecule has 0 aliphatic rings. The summed E-state index contributed by atoms with van der Waals surface area (Å²) < 4.78 is 34.1. The standard InChI is InChI=1S/C24H20ClF2N5O4/c1-12-6-15(25)4-5-20(12)36-18-9-16(8-17(10-18)32(34)35)29-21(33)11-31-24-22(14(3)30-31)19(23(26)27)7-13(2)28-24/h4-10,23H,11H2,1-3H3,(H,29,33). The molecule has 9 nitrogen and oxygen atoms in total. The van der Waals surface area contributed by atoms with Gasteiger partial charge in [-0.1, -0.05) is 11.6 Å². The summed E-state index contributed by atoms with van der Waals surface area (Å²) in [7, 11) is 0. The summed E-state index contributed by atoms with van der Waals surface area (Å²) >= 11 is 5.97. The Labute approximate surface area is 208 Å². The van der Waals surface area contributed by atoms with Crippen LogP contribution in [0.5, 0.6) is 11.5 Å². The Morgan fingerprint density at radius 1 is 1.19 bits per heavy atom. The lowest BCUT2D eigenvalue weighted by molar-refractivity contribution is -0.384. The summed E-state index contributed by atoms with van der Waals surface area (Å²) in [5, 5.41) is 18.9. The average Bonchev–Trinajstić information content (AvgIpc) is 3.09. The van der Waals surface area contributed by atoms with Gasteiger partial charge >= 0.3 is 0 Å². The molecule has 0 spiro atoms. The first-order valence-corrected chi connectivity index (χ1v) is 11.1. The number of pyridine rings is 1. The average molecular weight is 516 g/mol. The minimum atomic E-state index is -2.73.